The van der Waals surface area contributed by atoms with E-state index < -0.39 is 6.10 Å². The molecule has 28 heavy (non-hydrogen) atoms. The molecule has 1 saturated carbocycles. The molecule has 1 aliphatic heterocycles. The number of nitrogens with zero attached hydrogens (tertiary/aromatic N) is 3. The van der Waals surface area contributed by atoms with Gasteiger partial charge in [0.05, 0.1) is 18.4 Å². The number of likely N-dealkylation sites (tertiary alicyclic amines) is 1. The fraction of sp³-hybridized carbons (Fsp3) is 0.550. The van der Waals surface area contributed by atoms with Crippen LogP contribution in [0.4, 0.5) is 0 Å². The van der Waals surface area contributed by atoms with E-state index in [4.69, 9.17) is 9.15 Å². The maximum Gasteiger partial charge on any atom is 0.288 e. The Bertz CT molecular complexity index is 749. The Morgan fingerprint density at radius 1 is 1.21 bits per heavy atom. The van der Waals surface area contributed by atoms with Gasteiger partial charge in [-0.3, -0.25) is 14.7 Å². The minimum Gasteiger partial charge on any atom is -0.486 e. The zero-order chi connectivity index (χ0) is 19.3. The molecule has 2 aromatic rings. The van der Waals surface area contributed by atoms with E-state index in [0.717, 1.165) is 25.9 Å². The van der Waals surface area contributed by atoms with Gasteiger partial charge in [0.25, 0.3) is 5.91 Å². The summed E-state index contributed by atoms with van der Waals surface area (Å²) in [6.45, 7) is 1.83. The summed E-state index contributed by atoms with van der Waals surface area (Å²) in [5, 5.41) is 14.2. The van der Waals surface area contributed by atoms with Crippen molar-refractivity contribution in [2.75, 3.05) is 13.1 Å². The Labute approximate surface area is 163 Å². The molecule has 4 atom stereocenters. The highest BCUT2D eigenvalue weighted by Gasteiger charge is 2.44. The first-order valence-electron chi connectivity index (χ1n) is 9.90. The number of amides is 1. The van der Waals surface area contributed by atoms with Crippen LogP contribution in [0.1, 0.15) is 42.7 Å². The average molecular weight is 386 g/mol. The number of nitrogens with one attached hydrogen (secondary N) is 1. The molecule has 0 bridgehead atoms. The molecule has 2 fully saturated rings. The number of oxazole rings is 1. The van der Waals surface area contributed by atoms with Crippen molar-refractivity contribution in [3.05, 3.63) is 42.9 Å². The van der Waals surface area contributed by atoms with Gasteiger partial charge >= 0.3 is 0 Å². The molecule has 8 heteroatoms. The topological polar surface area (TPSA) is 101 Å². The number of hydrogen-bond donors (Lipinski definition) is 2. The Kier molecular flexibility index (Phi) is 5.87. The van der Waals surface area contributed by atoms with Crippen LogP contribution in [0.15, 0.2) is 41.5 Å². The Morgan fingerprint density at radius 3 is 2.79 bits per heavy atom. The first-order chi connectivity index (χ1) is 13.7. The van der Waals surface area contributed by atoms with Crippen molar-refractivity contribution in [2.24, 2.45) is 0 Å². The number of ether oxygens (including phenoxy) is 1. The molecule has 2 aromatic heterocycles. The molecule has 1 amide bonds. The number of aliphatic hydroxyl groups is 1. The molecule has 1 aliphatic carbocycles. The van der Waals surface area contributed by atoms with Gasteiger partial charge < -0.3 is 19.6 Å². The van der Waals surface area contributed by atoms with E-state index in [1.165, 1.54) is 19.0 Å². The standard InChI is InChI=1S/C20H26N4O4/c25-19-16(28-14-5-4-8-21-11-14)7-6-15(18(19)24-9-2-1-3-10-24)23-20(26)17-12-22-13-27-17/h4-5,8,11-13,15-16,18-19,25H,1-3,6-7,9-10H2,(H,23,26)/t15-,16-,18+,19+/m1/s1. The summed E-state index contributed by atoms with van der Waals surface area (Å²) in [4.78, 5) is 22.7. The van der Waals surface area contributed by atoms with Gasteiger partial charge in [0, 0.05) is 12.2 Å². The number of hydrogen-bond acceptors (Lipinski definition) is 7. The summed E-state index contributed by atoms with van der Waals surface area (Å²) < 4.78 is 11.1. The van der Waals surface area contributed by atoms with Crippen LogP contribution >= 0.6 is 0 Å². The highest BCUT2D eigenvalue weighted by Crippen LogP contribution is 2.29. The number of aromatic nitrogens is 2. The van der Waals surface area contributed by atoms with Gasteiger partial charge in [-0.2, -0.15) is 0 Å². The van der Waals surface area contributed by atoms with Crippen LogP contribution in [0, 0.1) is 0 Å². The highest BCUT2D eigenvalue weighted by atomic mass is 16.5. The lowest BCUT2D eigenvalue weighted by Gasteiger charge is -2.47. The first kappa shape index (κ1) is 18.9. The molecule has 0 spiro atoms. The third-order valence-corrected chi connectivity index (χ3v) is 5.61. The molecule has 4 rings (SSSR count). The molecule has 2 N–H and O–H groups in total. The largest absolute Gasteiger partial charge is 0.486 e. The van der Waals surface area contributed by atoms with Gasteiger partial charge in [0.2, 0.25) is 5.76 Å². The van der Waals surface area contributed by atoms with Crippen LogP contribution in [0.25, 0.3) is 0 Å². The zero-order valence-electron chi connectivity index (χ0n) is 15.7. The van der Waals surface area contributed by atoms with Gasteiger partial charge in [-0.15, -0.1) is 0 Å². The Balaban J connectivity index is 1.50. The number of pyridine rings is 1. The van der Waals surface area contributed by atoms with Crippen LogP contribution in [0.3, 0.4) is 0 Å². The predicted octanol–water partition coefficient (Wildman–Crippen LogP) is 1.62. The molecule has 0 radical (unpaired) electrons. The van der Waals surface area contributed by atoms with Crippen LogP contribution in [-0.4, -0.2) is 63.3 Å². The number of rotatable bonds is 5. The third-order valence-electron chi connectivity index (χ3n) is 5.61. The van der Waals surface area contributed by atoms with Crippen LogP contribution in [0.5, 0.6) is 5.75 Å². The van der Waals surface area contributed by atoms with Gasteiger partial charge in [-0.25, -0.2) is 4.98 Å². The average Bonchev–Trinajstić information content (AvgIpc) is 3.27. The van der Waals surface area contributed by atoms with Crippen LogP contribution < -0.4 is 10.1 Å². The normalized spacial score (nSPS) is 28.6. The lowest BCUT2D eigenvalue weighted by Crippen LogP contribution is -2.64. The summed E-state index contributed by atoms with van der Waals surface area (Å²) in [6.07, 6.45) is 9.68. The van der Waals surface area contributed by atoms with Crippen LogP contribution in [-0.2, 0) is 0 Å². The number of carbonyl (C=O) groups is 1. The monoisotopic (exact) mass is 386 g/mol. The number of aliphatic hydroxyl groups excluding tert-OH is 1. The number of carbonyl (C=O) groups excluding carboxylic acids is 1. The van der Waals surface area contributed by atoms with Crippen molar-refractivity contribution in [1.29, 1.82) is 0 Å². The predicted molar refractivity (Wildman–Crippen MR) is 101 cm³/mol. The van der Waals surface area contributed by atoms with E-state index in [1.54, 1.807) is 12.4 Å². The molecule has 3 heterocycles. The van der Waals surface area contributed by atoms with E-state index in [9.17, 15) is 9.90 Å². The van der Waals surface area contributed by atoms with Crippen molar-refractivity contribution in [3.63, 3.8) is 0 Å². The van der Waals surface area contributed by atoms with Gasteiger partial charge in [0.1, 0.15) is 18.0 Å². The molecule has 2 aliphatic rings. The van der Waals surface area contributed by atoms with Gasteiger partial charge in [-0.1, -0.05) is 6.42 Å². The van der Waals surface area contributed by atoms with Crippen molar-refractivity contribution >= 4 is 5.91 Å². The summed E-state index contributed by atoms with van der Waals surface area (Å²) in [6, 6.07) is 3.27. The van der Waals surface area contributed by atoms with Gasteiger partial charge in [-0.05, 0) is 50.9 Å². The van der Waals surface area contributed by atoms with E-state index in [2.05, 4.69) is 20.2 Å². The van der Waals surface area contributed by atoms with Crippen molar-refractivity contribution in [1.82, 2.24) is 20.2 Å². The molecule has 0 unspecified atom stereocenters. The van der Waals surface area contributed by atoms with Gasteiger partial charge in [0.15, 0.2) is 6.39 Å². The summed E-state index contributed by atoms with van der Waals surface area (Å²) in [5.41, 5.74) is 0. The van der Waals surface area contributed by atoms with Crippen molar-refractivity contribution < 1.29 is 19.1 Å². The Morgan fingerprint density at radius 2 is 2.07 bits per heavy atom. The fourth-order valence-electron chi connectivity index (χ4n) is 4.28. The van der Waals surface area contributed by atoms with Crippen LogP contribution in [0.2, 0.25) is 0 Å². The summed E-state index contributed by atoms with van der Waals surface area (Å²) in [5.74, 6) is 0.525. The van der Waals surface area contributed by atoms with E-state index >= 15 is 0 Å². The van der Waals surface area contributed by atoms with E-state index in [0.29, 0.717) is 18.6 Å². The molecule has 1 saturated heterocycles. The quantitative estimate of drug-likeness (QED) is 0.805. The smallest absolute Gasteiger partial charge is 0.288 e. The van der Waals surface area contributed by atoms with Crippen molar-refractivity contribution in [3.8, 4) is 5.75 Å². The zero-order valence-corrected chi connectivity index (χ0v) is 15.7. The first-order valence-corrected chi connectivity index (χ1v) is 9.90. The summed E-state index contributed by atoms with van der Waals surface area (Å²) in [7, 11) is 0. The third kappa shape index (κ3) is 4.18. The highest BCUT2D eigenvalue weighted by molar-refractivity contribution is 5.91. The molecule has 0 aromatic carbocycles. The lowest BCUT2D eigenvalue weighted by atomic mass is 9.83. The SMILES string of the molecule is O=C(N[C@@H]1CC[C@@H](Oc2cccnc2)[C@H](O)[C@H]1N1CCCCC1)c1cnco1. The molecular weight excluding hydrogens is 360 g/mol. The minimum absolute atomic E-state index is 0.181. The maximum absolute atomic E-state index is 12.5. The second kappa shape index (κ2) is 8.70. The van der Waals surface area contributed by atoms with Crippen molar-refractivity contribution in [2.45, 2.75) is 56.4 Å². The van der Waals surface area contributed by atoms with E-state index in [1.807, 2.05) is 12.1 Å². The molecule has 8 nitrogen and oxygen atoms in total. The molecular formula is C20H26N4O4. The second-order valence-corrected chi connectivity index (χ2v) is 7.45. The minimum atomic E-state index is -0.716. The lowest BCUT2D eigenvalue weighted by molar-refractivity contribution is -0.0695. The fourth-order valence-corrected chi connectivity index (χ4v) is 4.28. The molecule has 150 valence electrons. The second-order valence-electron chi connectivity index (χ2n) is 7.45. The summed E-state index contributed by atoms with van der Waals surface area (Å²) >= 11 is 0. The van der Waals surface area contributed by atoms with E-state index in [-0.39, 0.29) is 29.9 Å². The number of piperidine rings is 1. The maximum atomic E-state index is 12.5. The Hall–Kier alpha value is -2.45.